The molecule has 2 aromatic rings. The summed E-state index contributed by atoms with van der Waals surface area (Å²) in [5, 5.41) is 11.0. The van der Waals surface area contributed by atoms with E-state index in [0.29, 0.717) is 44.2 Å². The van der Waals surface area contributed by atoms with E-state index in [1.165, 1.54) is 11.1 Å². The maximum absolute atomic E-state index is 11.0. The van der Waals surface area contributed by atoms with E-state index in [1.54, 1.807) is 0 Å². The van der Waals surface area contributed by atoms with Crippen LogP contribution in [0.2, 0.25) is 0 Å². The van der Waals surface area contributed by atoms with Crippen molar-refractivity contribution in [3.05, 3.63) is 71.8 Å². The van der Waals surface area contributed by atoms with Crippen molar-refractivity contribution in [1.82, 2.24) is 0 Å². The number of aliphatic hydroxyl groups excluding tert-OH is 1. The van der Waals surface area contributed by atoms with Crippen LogP contribution in [0.4, 0.5) is 0 Å². The minimum Gasteiger partial charge on any atom is -0.393 e. The quantitative estimate of drug-likeness (QED) is 0.447. The molecule has 4 unspecified atom stereocenters. The first-order valence-electron chi connectivity index (χ1n) is 15.7. The number of ether oxygens (including phenoxy) is 4. The molecule has 0 amide bonds. The molecule has 5 heteroatoms. The standard InChI is InChI=1S/C35H46O5/c1-33-16-13-26(36)21-29(33)31(37-22-24-9-5-3-6-10-24)32(38-23-25-11-7-4-8-12-25)30-27(33)14-17-34(2)28(30)15-18-35(34)39-19-20-40-35/h3-12,26-32,36H,13-23H2,1-2H3/t26-,27?,28?,29?,30?,31+,32+,33+,34-/m0/s1. The minimum atomic E-state index is -0.451. The monoisotopic (exact) mass is 546 g/mol. The zero-order valence-corrected chi connectivity index (χ0v) is 24.2. The van der Waals surface area contributed by atoms with Gasteiger partial charge in [0.1, 0.15) is 0 Å². The SMILES string of the molecule is C[C@]12CC[C@H](O)CC1[C@@H](OCc1ccccc1)[C@H](OCc1ccccc1)C1C2CC[C@@]2(C)C1CCC21OCCO1. The average molecular weight is 547 g/mol. The second kappa shape index (κ2) is 10.5. The third-order valence-corrected chi connectivity index (χ3v) is 12.0. The Bertz CT molecular complexity index is 1150. The molecule has 1 N–H and O–H groups in total. The third kappa shape index (κ3) is 4.31. The Balaban J connectivity index is 1.28. The number of fused-ring (bicyclic) bond motifs is 6. The number of hydrogen-bond acceptors (Lipinski definition) is 5. The van der Waals surface area contributed by atoms with Crippen LogP contribution in [0.15, 0.2) is 60.7 Å². The third-order valence-electron chi connectivity index (χ3n) is 12.0. The number of hydrogen-bond donors (Lipinski definition) is 1. The summed E-state index contributed by atoms with van der Waals surface area (Å²) in [6.07, 6.45) is 6.71. The van der Waals surface area contributed by atoms with Gasteiger partial charge >= 0.3 is 0 Å². The predicted octanol–water partition coefficient (Wildman–Crippen LogP) is 6.52. The fraction of sp³-hybridized carbons (Fsp3) is 0.657. The summed E-state index contributed by atoms with van der Waals surface area (Å²) in [6, 6.07) is 21.1. The molecule has 5 nitrogen and oxygen atoms in total. The molecule has 1 aliphatic heterocycles. The Morgan fingerprint density at radius 2 is 1.32 bits per heavy atom. The van der Waals surface area contributed by atoms with Crippen LogP contribution in [-0.4, -0.2) is 42.4 Å². The van der Waals surface area contributed by atoms with Gasteiger partial charge in [-0.25, -0.2) is 0 Å². The number of aliphatic hydroxyl groups is 1. The molecule has 1 heterocycles. The first-order valence-corrected chi connectivity index (χ1v) is 15.7. The fourth-order valence-electron chi connectivity index (χ4n) is 10.0. The lowest BCUT2D eigenvalue weighted by atomic mass is 9.43. The predicted molar refractivity (Wildman–Crippen MR) is 153 cm³/mol. The molecule has 5 fully saturated rings. The summed E-state index contributed by atoms with van der Waals surface area (Å²) in [4.78, 5) is 0. The molecule has 5 aliphatic rings. The highest BCUT2D eigenvalue weighted by Crippen LogP contribution is 2.70. The van der Waals surface area contributed by atoms with Gasteiger partial charge in [0.15, 0.2) is 5.79 Å². The Hall–Kier alpha value is -1.76. The molecule has 0 aromatic heterocycles. The van der Waals surface area contributed by atoms with Gasteiger partial charge in [0.25, 0.3) is 0 Å². The van der Waals surface area contributed by atoms with E-state index in [9.17, 15) is 5.11 Å². The van der Waals surface area contributed by atoms with Crippen molar-refractivity contribution in [2.75, 3.05) is 13.2 Å². The molecule has 216 valence electrons. The maximum Gasteiger partial charge on any atom is 0.174 e. The van der Waals surface area contributed by atoms with Crippen LogP contribution in [0.5, 0.6) is 0 Å². The van der Waals surface area contributed by atoms with Crippen LogP contribution in [0.25, 0.3) is 0 Å². The van der Waals surface area contributed by atoms with Gasteiger partial charge in [-0.3, -0.25) is 0 Å². The van der Waals surface area contributed by atoms with E-state index in [1.807, 2.05) is 0 Å². The maximum atomic E-state index is 11.0. The van der Waals surface area contributed by atoms with Crippen molar-refractivity contribution in [2.45, 2.75) is 96.1 Å². The molecule has 0 radical (unpaired) electrons. The van der Waals surface area contributed by atoms with Crippen molar-refractivity contribution in [3.63, 3.8) is 0 Å². The molecule has 4 aliphatic carbocycles. The van der Waals surface area contributed by atoms with Crippen molar-refractivity contribution in [3.8, 4) is 0 Å². The van der Waals surface area contributed by atoms with Crippen LogP contribution in [-0.2, 0) is 32.2 Å². The highest BCUT2D eigenvalue weighted by molar-refractivity contribution is 5.19. The molecular formula is C35H46O5. The number of rotatable bonds is 6. The second-order valence-corrected chi connectivity index (χ2v) is 13.8. The largest absolute Gasteiger partial charge is 0.393 e. The molecule has 0 bridgehead atoms. The normalized spacial score (nSPS) is 41.8. The Kier molecular flexibility index (Phi) is 7.11. The van der Waals surface area contributed by atoms with E-state index < -0.39 is 5.79 Å². The van der Waals surface area contributed by atoms with Gasteiger partial charge in [-0.2, -0.15) is 0 Å². The van der Waals surface area contributed by atoms with Gasteiger partial charge in [0, 0.05) is 11.8 Å². The lowest BCUT2D eigenvalue weighted by Crippen LogP contribution is -2.66. The Labute approximate surface area is 239 Å². The topological polar surface area (TPSA) is 57.2 Å². The minimum absolute atomic E-state index is 0.0274. The summed E-state index contributed by atoms with van der Waals surface area (Å²) in [5.41, 5.74) is 2.47. The lowest BCUT2D eigenvalue weighted by Gasteiger charge is -2.65. The average Bonchev–Trinajstić information content (AvgIpc) is 3.58. The number of benzene rings is 2. The van der Waals surface area contributed by atoms with Crippen molar-refractivity contribution < 1.29 is 24.1 Å². The Morgan fingerprint density at radius 3 is 1.98 bits per heavy atom. The van der Waals surface area contributed by atoms with Crippen LogP contribution >= 0.6 is 0 Å². The summed E-state index contributed by atoms with van der Waals surface area (Å²) in [7, 11) is 0. The van der Waals surface area contributed by atoms with E-state index in [0.717, 1.165) is 44.9 Å². The first-order chi connectivity index (χ1) is 19.4. The molecule has 40 heavy (non-hydrogen) atoms. The van der Waals surface area contributed by atoms with Crippen molar-refractivity contribution >= 4 is 0 Å². The van der Waals surface area contributed by atoms with Gasteiger partial charge in [-0.1, -0.05) is 74.5 Å². The van der Waals surface area contributed by atoms with E-state index in [-0.39, 0.29) is 35.1 Å². The Morgan fingerprint density at radius 1 is 0.725 bits per heavy atom. The van der Waals surface area contributed by atoms with Gasteiger partial charge in [0.2, 0.25) is 0 Å². The lowest BCUT2D eigenvalue weighted by molar-refractivity contribution is -0.282. The van der Waals surface area contributed by atoms with E-state index in [2.05, 4.69) is 74.5 Å². The highest BCUT2D eigenvalue weighted by atomic mass is 16.7. The van der Waals surface area contributed by atoms with Crippen LogP contribution < -0.4 is 0 Å². The zero-order chi connectivity index (χ0) is 27.4. The first kappa shape index (κ1) is 27.1. The van der Waals surface area contributed by atoms with Crippen LogP contribution in [0.1, 0.15) is 69.9 Å². The molecule has 9 atom stereocenters. The van der Waals surface area contributed by atoms with Crippen LogP contribution in [0.3, 0.4) is 0 Å². The zero-order valence-electron chi connectivity index (χ0n) is 24.2. The summed E-state index contributed by atoms with van der Waals surface area (Å²) in [5.74, 6) is 1.18. The van der Waals surface area contributed by atoms with Crippen molar-refractivity contribution in [2.24, 2.45) is 34.5 Å². The van der Waals surface area contributed by atoms with E-state index >= 15 is 0 Å². The van der Waals surface area contributed by atoms with Gasteiger partial charge in [-0.05, 0) is 78.7 Å². The molecule has 1 saturated heterocycles. The molecule has 7 rings (SSSR count). The van der Waals surface area contributed by atoms with Gasteiger partial charge in [0.05, 0.1) is 44.7 Å². The molecule has 1 spiro atoms. The smallest absolute Gasteiger partial charge is 0.174 e. The molecular weight excluding hydrogens is 500 g/mol. The summed E-state index contributed by atoms with van der Waals surface area (Å²) >= 11 is 0. The highest BCUT2D eigenvalue weighted by Gasteiger charge is 2.70. The van der Waals surface area contributed by atoms with Crippen molar-refractivity contribution in [1.29, 1.82) is 0 Å². The second-order valence-electron chi connectivity index (χ2n) is 13.8. The van der Waals surface area contributed by atoms with Gasteiger partial charge in [-0.15, -0.1) is 0 Å². The fourth-order valence-corrected chi connectivity index (χ4v) is 10.0. The summed E-state index contributed by atoms with van der Waals surface area (Å²) < 4.78 is 27.0. The van der Waals surface area contributed by atoms with Crippen LogP contribution in [0, 0.1) is 34.5 Å². The van der Waals surface area contributed by atoms with E-state index in [4.69, 9.17) is 18.9 Å². The summed E-state index contributed by atoms with van der Waals surface area (Å²) in [6.45, 7) is 7.50. The molecule has 4 saturated carbocycles. The van der Waals surface area contributed by atoms with Gasteiger partial charge < -0.3 is 24.1 Å². The molecule has 2 aromatic carbocycles.